The second-order valence-electron chi connectivity index (χ2n) is 7.69. The maximum Gasteiger partial charge on any atom is 0.255 e. The summed E-state index contributed by atoms with van der Waals surface area (Å²) in [6.45, 7) is 0. The Morgan fingerprint density at radius 2 is 1.94 bits per heavy atom. The molecule has 35 heavy (non-hydrogen) atoms. The van der Waals surface area contributed by atoms with Crippen LogP contribution in [0.25, 0.3) is 33.5 Å². The zero-order valence-corrected chi connectivity index (χ0v) is 19.1. The zero-order valence-electron chi connectivity index (χ0n) is 18.3. The quantitative estimate of drug-likeness (QED) is 0.279. The SMILES string of the molecule is COc1ncccc1-c1ccc(O)c(-c2nc3ccc(C(=O)Nc4ccc(F)cc4Cl)cc3[nH]2)c1. The Bertz CT molecular complexity index is 1580. The van der Waals surface area contributed by atoms with E-state index >= 15 is 0 Å². The summed E-state index contributed by atoms with van der Waals surface area (Å²) in [5.74, 6) is 0.0327. The molecule has 5 aromatic rings. The van der Waals surface area contributed by atoms with Gasteiger partial charge in [0.15, 0.2) is 0 Å². The number of methoxy groups -OCH3 is 1. The molecule has 0 bridgehead atoms. The summed E-state index contributed by atoms with van der Waals surface area (Å²) in [5.41, 5.74) is 3.91. The van der Waals surface area contributed by atoms with Crippen LogP contribution in [-0.2, 0) is 0 Å². The summed E-state index contributed by atoms with van der Waals surface area (Å²) in [4.78, 5) is 24.7. The molecule has 5 rings (SSSR count). The van der Waals surface area contributed by atoms with Gasteiger partial charge in [0.1, 0.15) is 17.4 Å². The van der Waals surface area contributed by atoms with Gasteiger partial charge in [-0.1, -0.05) is 17.7 Å². The highest BCUT2D eigenvalue weighted by atomic mass is 35.5. The molecule has 1 amide bonds. The number of nitrogens with one attached hydrogen (secondary N) is 2. The average molecular weight is 489 g/mol. The van der Waals surface area contributed by atoms with Gasteiger partial charge in [-0.2, -0.15) is 0 Å². The zero-order chi connectivity index (χ0) is 24.5. The molecule has 174 valence electrons. The fourth-order valence-corrected chi connectivity index (χ4v) is 3.94. The van der Waals surface area contributed by atoms with Crippen LogP contribution in [0.15, 0.2) is 72.9 Å². The Morgan fingerprint density at radius 3 is 2.74 bits per heavy atom. The third-order valence-corrected chi connectivity index (χ3v) is 5.76. The summed E-state index contributed by atoms with van der Waals surface area (Å²) in [6, 6.07) is 17.5. The summed E-state index contributed by atoms with van der Waals surface area (Å²) in [6.07, 6.45) is 1.64. The van der Waals surface area contributed by atoms with Gasteiger partial charge in [0.2, 0.25) is 5.88 Å². The average Bonchev–Trinajstić information content (AvgIpc) is 3.29. The van der Waals surface area contributed by atoms with Gasteiger partial charge in [-0.15, -0.1) is 0 Å². The number of phenols is 1. The molecule has 0 aliphatic heterocycles. The second-order valence-corrected chi connectivity index (χ2v) is 8.09. The first-order chi connectivity index (χ1) is 16.9. The van der Waals surface area contributed by atoms with Crippen LogP contribution in [-0.4, -0.2) is 33.1 Å². The summed E-state index contributed by atoms with van der Waals surface area (Å²) in [7, 11) is 1.55. The number of aromatic nitrogens is 3. The number of carbonyl (C=O) groups excluding carboxylic acids is 1. The van der Waals surface area contributed by atoms with E-state index in [1.807, 2.05) is 6.07 Å². The number of pyridine rings is 1. The molecule has 0 saturated heterocycles. The maximum atomic E-state index is 13.3. The molecule has 3 aromatic carbocycles. The van der Waals surface area contributed by atoms with Gasteiger partial charge in [0.25, 0.3) is 5.91 Å². The van der Waals surface area contributed by atoms with Gasteiger partial charge >= 0.3 is 0 Å². The number of hydrogen-bond donors (Lipinski definition) is 3. The normalized spacial score (nSPS) is 10.9. The lowest BCUT2D eigenvalue weighted by atomic mass is 10.0. The number of aromatic amines is 1. The van der Waals surface area contributed by atoms with Crippen LogP contribution in [0.5, 0.6) is 11.6 Å². The van der Waals surface area contributed by atoms with E-state index in [2.05, 4.69) is 20.3 Å². The third kappa shape index (κ3) is 4.39. The summed E-state index contributed by atoms with van der Waals surface area (Å²) in [5, 5.41) is 13.3. The van der Waals surface area contributed by atoms with Crippen LogP contribution in [0.2, 0.25) is 5.02 Å². The number of imidazole rings is 1. The van der Waals surface area contributed by atoms with Crippen LogP contribution in [0, 0.1) is 5.82 Å². The predicted molar refractivity (Wildman–Crippen MR) is 132 cm³/mol. The number of amides is 1. The standard InChI is InChI=1S/C26H18ClFN4O3/c1-35-26-17(3-2-10-29-26)14-5-9-23(33)18(11-14)24-30-21-7-4-15(12-22(21)31-24)25(34)32-20-8-6-16(28)13-19(20)27/h2-13,33H,1H3,(H,30,31)(H,32,34). The van der Waals surface area contributed by atoms with Crippen LogP contribution in [0.3, 0.4) is 0 Å². The van der Waals surface area contributed by atoms with E-state index in [0.29, 0.717) is 39.6 Å². The number of nitrogens with zero attached hydrogens (tertiary/aromatic N) is 2. The Hall–Kier alpha value is -4.43. The monoisotopic (exact) mass is 488 g/mol. The Labute approximate surface area is 204 Å². The number of benzene rings is 3. The Kier molecular flexibility index (Phi) is 5.80. The Morgan fingerprint density at radius 1 is 1.09 bits per heavy atom. The smallest absolute Gasteiger partial charge is 0.255 e. The number of carbonyl (C=O) groups is 1. The molecule has 0 spiro atoms. The first kappa shape index (κ1) is 22.4. The lowest BCUT2D eigenvalue weighted by Gasteiger charge is -2.09. The number of aromatic hydroxyl groups is 1. The molecule has 0 radical (unpaired) electrons. The van der Waals surface area contributed by atoms with Crippen molar-refractivity contribution < 1.29 is 19.0 Å². The van der Waals surface area contributed by atoms with Crippen molar-refractivity contribution >= 4 is 34.2 Å². The van der Waals surface area contributed by atoms with Crippen LogP contribution < -0.4 is 10.1 Å². The minimum Gasteiger partial charge on any atom is -0.507 e. The highest BCUT2D eigenvalue weighted by Crippen LogP contribution is 2.35. The minimum atomic E-state index is -0.492. The minimum absolute atomic E-state index is 0.0413. The van der Waals surface area contributed by atoms with Gasteiger partial charge in [-0.3, -0.25) is 4.79 Å². The maximum absolute atomic E-state index is 13.3. The van der Waals surface area contributed by atoms with Crippen LogP contribution >= 0.6 is 11.6 Å². The molecule has 0 unspecified atom stereocenters. The summed E-state index contributed by atoms with van der Waals surface area (Å²) < 4.78 is 18.6. The number of hydrogen-bond acceptors (Lipinski definition) is 5. The molecule has 0 fully saturated rings. The molecule has 3 N–H and O–H groups in total. The molecule has 9 heteroatoms. The van der Waals surface area contributed by atoms with E-state index in [1.54, 1.807) is 55.8 Å². The molecule has 2 aromatic heterocycles. The first-order valence-electron chi connectivity index (χ1n) is 10.5. The van der Waals surface area contributed by atoms with Crippen molar-refractivity contribution in [2.24, 2.45) is 0 Å². The van der Waals surface area contributed by atoms with Crippen molar-refractivity contribution in [3.63, 3.8) is 0 Å². The molecule has 0 aliphatic carbocycles. The first-order valence-corrected chi connectivity index (χ1v) is 10.9. The van der Waals surface area contributed by atoms with Gasteiger partial charge in [-0.25, -0.2) is 14.4 Å². The largest absolute Gasteiger partial charge is 0.507 e. The third-order valence-electron chi connectivity index (χ3n) is 5.45. The van der Waals surface area contributed by atoms with Crippen LogP contribution in [0.4, 0.5) is 10.1 Å². The highest BCUT2D eigenvalue weighted by Gasteiger charge is 2.16. The van der Waals surface area contributed by atoms with Crippen molar-refractivity contribution in [3.05, 3.63) is 89.3 Å². The van der Waals surface area contributed by atoms with E-state index in [-0.39, 0.29) is 10.8 Å². The molecule has 0 atom stereocenters. The van der Waals surface area contributed by atoms with Gasteiger partial charge < -0.3 is 20.1 Å². The number of anilines is 1. The number of H-pyrrole nitrogens is 1. The van der Waals surface area contributed by atoms with E-state index in [0.717, 1.165) is 17.2 Å². The highest BCUT2D eigenvalue weighted by molar-refractivity contribution is 6.34. The topological polar surface area (TPSA) is 100 Å². The number of rotatable bonds is 5. The van der Waals surface area contributed by atoms with Gasteiger partial charge in [0, 0.05) is 17.3 Å². The molecule has 2 heterocycles. The number of fused-ring (bicyclic) bond motifs is 1. The number of ether oxygens (including phenoxy) is 1. The lowest BCUT2D eigenvalue weighted by Crippen LogP contribution is -2.12. The number of halogens is 2. The van der Waals surface area contributed by atoms with Crippen molar-refractivity contribution in [1.29, 1.82) is 0 Å². The molecular formula is C26H18ClFN4O3. The van der Waals surface area contributed by atoms with Crippen molar-refractivity contribution in [3.8, 4) is 34.1 Å². The van der Waals surface area contributed by atoms with Crippen molar-refractivity contribution in [2.75, 3.05) is 12.4 Å². The predicted octanol–water partition coefficient (Wildman–Crippen LogP) is 6.05. The molecular weight excluding hydrogens is 471 g/mol. The molecule has 0 saturated carbocycles. The van der Waals surface area contributed by atoms with E-state index in [4.69, 9.17) is 16.3 Å². The second kappa shape index (κ2) is 9.08. The number of phenolic OH excluding ortho intramolecular Hbond substituents is 1. The fourth-order valence-electron chi connectivity index (χ4n) is 3.73. The van der Waals surface area contributed by atoms with E-state index in [1.165, 1.54) is 12.1 Å². The van der Waals surface area contributed by atoms with Crippen molar-refractivity contribution in [1.82, 2.24) is 15.0 Å². The van der Waals surface area contributed by atoms with Gasteiger partial charge in [0.05, 0.1) is 34.4 Å². The van der Waals surface area contributed by atoms with Crippen molar-refractivity contribution in [2.45, 2.75) is 0 Å². The van der Waals surface area contributed by atoms with E-state index in [9.17, 15) is 14.3 Å². The Balaban J connectivity index is 1.48. The fraction of sp³-hybridized carbons (Fsp3) is 0.0385. The summed E-state index contributed by atoms with van der Waals surface area (Å²) >= 11 is 6.01. The van der Waals surface area contributed by atoms with Crippen LogP contribution in [0.1, 0.15) is 10.4 Å². The molecule has 0 aliphatic rings. The molecule has 7 nitrogen and oxygen atoms in total. The van der Waals surface area contributed by atoms with Gasteiger partial charge in [-0.05, 0) is 66.2 Å². The van der Waals surface area contributed by atoms with E-state index < -0.39 is 11.7 Å². The lowest BCUT2D eigenvalue weighted by molar-refractivity contribution is 0.102.